The summed E-state index contributed by atoms with van der Waals surface area (Å²) in [7, 11) is 0. The molecule has 2 aromatic rings. The van der Waals surface area contributed by atoms with Gasteiger partial charge in [0, 0.05) is 18.3 Å². The standard InChI is InChI=1S/C28H33NO3/c1-16-15-27(3)22(19-5-8-24-25(14-19)32-17(2)29-24)7-9-26(27)28(31)11-10-18-4-6-21(30)12-20(18)13-23(16)28/h5,7-8,13-14,18,21,26,30-31H,4,6,9-12,15H2,1-3H3/t18?,21?,26?,27?,28-/m1/s1. The molecule has 1 saturated carbocycles. The van der Waals surface area contributed by atoms with Crippen LogP contribution in [-0.4, -0.2) is 26.9 Å². The Bertz CT molecular complexity index is 1200. The fraction of sp³-hybridized carbons (Fsp3) is 0.536. The number of allylic oxidation sites excluding steroid dienone is 3. The van der Waals surface area contributed by atoms with Gasteiger partial charge in [0.2, 0.25) is 0 Å². The predicted octanol–water partition coefficient (Wildman–Crippen LogP) is 5.88. The van der Waals surface area contributed by atoms with Crippen LogP contribution in [0.25, 0.3) is 16.7 Å². The number of aliphatic hydroxyl groups is 2. The van der Waals surface area contributed by atoms with Gasteiger partial charge in [-0.25, -0.2) is 4.98 Å². The minimum atomic E-state index is -0.808. The van der Waals surface area contributed by atoms with Gasteiger partial charge in [0.25, 0.3) is 0 Å². The van der Waals surface area contributed by atoms with E-state index >= 15 is 0 Å². The highest BCUT2D eigenvalue weighted by atomic mass is 16.3. The highest BCUT2D eigenvalue weighted by molar-refractivity contribution is 5.82. The third-order valence-corrected chi connectivity index (χ3v) is 8.93. The molecule has 4 aliphatic carbocycles. The van der Waals surface area contributed by atoms with E-state index in [2.05, 4.69) is 49.2 Å². The Kier molecular flexibility index (Phi) is 4.42. The van der Waals surface area contributed by atoms with Crippen molar-refractivity contribution in [2.24, 2.45) is 17.3 Å². The number of aromatic nitrogens is 1. The molecule has 0 amide bonds. The molecule has 1 fully saturated rings. The zero-order valence-corrected chi connectivity index (χ0v) is 19.3. The lowest BCUT2D eigenvalue weighted by Crippen LogP contribution is -2.49. The van der Waals surface area contributed by atoms with Crippen LogP contribution in [-0.2, 0) is 0 Å². The summed E-state index contributed by atoms with van der Waals surface area (Å²) < 4.78 is 5.82. The van der Waals surface area contributed by atoms with Crippen molar-refractivity contribution in [3.05, 3.63) is 58.5 Å². The second-order valence-electron chi connectivity index (χ2n) is 10.9. The lowest BCUT2D eigenvalue weighted by molar-refractivity contribution is -0.0354. The summed E-state index contributed by atoms with van der Waals surface area (Å²) in [6.45, 7) is 6.44. The SMILES string of the molecule is CC1=C2C=C3CC(O)CCC3CC[C@]2(O)C2CC=C(c3ccc4nc(C)oc4c3)C2(C)C1. The average Bonchev–Trinajstić information content (AvgIpc) is 3.24. The minimum absolute atomic E-state index is 0.112. The van der Waals surface area contributed by atoms with Gasteiger partial charge in [0.05, 0.1) is 11.7 Å². The summed E-state index contributed by atoms with van der Waals surface area (Å²) in [5.74, 6) is 1.36. The van der Waals surface area contributed by atoms with Crippen molar-refractivity contribution >= 4 is 16.7 Å². The molecule has 1 aromatic heterocycles. The molecule has 0 spiro atoms. The molecule has 0 radical (unpaired) electrons. The Labute approximate surface area is 189 Å². The number of aryl methyl sites for hydroxylation is 1. The third-order valence-electron chi connectivity index (χ3n) is 8.93. The van der Waals surface area contributed by atoms with Gasteiger partial charge in [-0.15, -0.1) is 0 Å². The molecule has 32 heavy (non-hydrogen) atoms. The molecule has 0 saturated heterocycles. The van der Waals surface area contributed by atoms with Crippen molar-refractivity contribution in [3.8, 4) is 0 Å². The lowest BCUT2D eigenvalue weighted by Gasteiger charge is -2.50. The first-order chi connectivity index (χ1) is 15.3. The Morgan fingerprint density at radius 1 is 1.16 bits per heavy atom. The predicted molar refractivity (Wildman–Crippen MR) is 126 cm³/mol. The highest BCUT2D eigenvalue weighted by Crippen LogP contribution is 2.63. The number of benzene rings is 1. The Hall–Kier alpha value is -2.17. The molecule has 168 valence electrons. The maximum Gasteiger partial charge on any atom is 0.192 e. The smallest absolute Gasteiger partial charge is 0.192 e. The molecule has 1 aromatic carbocycles. The van der Waals surface area contributed by atoms with Crippen molar-refractivity contribution in [1.29, 1.82) is 0 Å². The maximum absolute atomic E-state index is 12.3. The number of fused-ring (bicyclic) bond motifs is 5. The molecule has 0 bridgehead atoms. The van der Waals surface area contributed by atoms with E-state index in [1.165, 1.54) is 22.3 Å². The molecular weight excluding hydrogens is 398 g/mol. The molecule has 5 atom stereocenters. The highest BCUT2D eigenvalue weighted by Gasteiger charge is 2.57. The topological polar surface area (TPSA) is 66.5 Å². The van der Waals surface area contributed by atoms with Crippen LogP contribution in [0.1, 0.15) is 70.2 Å². The van der Waals surface area contributed by atoms with Crippen LogP contribution in [0, 0.1) is 24.2 Å². The zero-order chi connectivity index (χ0) is 22.3. The molecule has 4 nitrogen and oxygen atoms in total. The molecule has 4 heteroatoms. The lowest BCUT2D eigenvalue weighted by atomic mass is 9.56. The van der Waals surface area contributed by atoms with Gasteiger partial charge in [0.1, 0.15) is 5.52 Å². The van der Waals surface area contributed by atoms with E-state index in [1.807, 2.05) is 6.92 Å². The maximum atomic E-state index is 12.3. The van der Waals surface area contributed by atoms with Gasteiger partial charge in [-0.2, -0.15) is 0 Å². The van der Waals surface area contributed by atoms with E-state index in [4.69, 9.17) is 4.42 Å². The van der Waals surface area contributed by atoms with E-state index in [0.29, 0.717) is 11.8 Å². The largest absolute Gasteiger partial charge is 0.441 e. The van der Waals surface area contributed by atoms with Gasteiger partial charge < -0.3 is 14.6 Å². The average molecular weight is 432 g/mol. The number of rotatable bonds is 1. The van der Waals surface area contributed by atoms with Gasteiger partial charge in [-0.1, -0.05) is 36.3 Å². The van der Waals surface area contributed by atoms with Crippen molar-refractivity contribution in [3.63, 3.8) is 0 Å². The number of hydrogen-bond donors (Lipinski definition) is 2. The van der Waals surface area contributed by atoms with E-state index in [0.717, 1.165) is 61.6 Å². The van der Waals surface area contributed by atoms with Crippen molar-refractivity contribution in [2.45, 2.75) is 77.4 Å². The summed E-state index contributed by atoms with van der Waals surface area (Å²) >= 11 is 0. The van der Waals surface area contributed by atoms with Crippen LogP contribution in [0.3, 0.4) is 0 Å². The molecular formula is C28H33NO3. The van der Waals surface area contributed by atoms with Crippen molar-refractivity contribution in [2.75, 3.05) is 0 Å². The van der Waals surface area contributed by atoms with Gasteiger partial charge >= 0.3 is 0 Å². The normalized spacial score (nSPS) is 36.8. The summed E-state index contributed by atoms with van der Waals surface area (Å²) in [6.07, 6.45) is 10.8. The molecule has 1 heterocycles. The molecule has 0 aliphatic heterocycles. The minimum Gasteiger partial charge on any atom is -0.441 e. The van der Waals surface area contributed by atoms with E-state index in [-0.39, 0.29) is 17.4 Å². The van der Waals surface area contributed by atoms with Crippen LogP contribution in [0.4, 0.5) is 0 Å². The van der Waals surface area contributed by atoms with Crippen molar-refractivity contribution < 1.29 is 14.6 Å². The van der Waals surface area contributed by atoms with Gasteiger partial charge in [-0.05, 0) is 86.6 Å². The van der Waals surface area contributed by atoms with Crippen LogP contribution < -0.4 is 0 Å². The van der Waals surface area contributed by atoms with Crippen molar-refractivity contribution in [1.82, 2.24) is 4.98 Å². The summed E-state index contributed by atoms with van der Waals surface area (Å²) in [6, 6.07) is 6.34. The second-order valence-corrected chi connectivity index (χ2v) is 10.9. The molecule has 2 N–H and O–H groups in total. The van der Waals surface area contributed by atoms with Crippen LogP contribution in [0.5, 0.6) is 0 Å². The second kappa shape index (κ2) is 6.91. The zero-order valence-electron chi connectivity index (χ0n) is 19.3. The number of oxazole rings is 1. The Balaban J connectivity index is 1.42. The molecule has 4 aliphatic rings. The summed E-state index contributed by atoms with van der Waals surface area (Å²) in [4.78, 5) is 4.45. The third kappa shape index (κ3) is 2.85. The first-order valence-corrected chi connectivity index (χ1v) is 12.2. The number of nitrogens with zero attached hydrogens (tertiary/aromatic N) is 1. The van der Waals surface area contributed by atoms with E-state index < -0.39 is 5.60 Å². The van der Waals surface area contributed by atoms with Gasteiger partial charge in [-0.3, -0.25) is 0 Å². The van der Waals surface area contributed by atoms with Crippen LogP contribution in [0.2, 0.25) is 0 Å². The molecule has 4 unspecified atom stereocenters. The number of aliphatic hydroxyl groups excluding tert-OH is 1. The quantitative estimate of drug-likeness (QED) is 0.592. The first-order valence-electron chi connectivity index (χ1n) is 12.2. The van der Waals surface area contributed by atoms with Crippen LogP contribution >= 0.6 is 0 Å². The molecule has 6 rings (SSSR count). The Morgan fingerprint density at radius 2 is 2.00 bits per heavy atom. The monoisotopic (exact) mass is 431 g/mol. The fourth-order valence-corrected chi connectivity index (χ4v) is 7.48. The summed E-state index contributed by atoms with van der Waals surface area (Å²) in [5, 5.41) is 22.6. The first kappa shape index (κ1) is 20.4. The summed E-state index contributed by atoms with van der Waals surface area (Å²) in [5.41, 5.74) is 7.11. The Morgan fingerprint density at radius 3 is 2.84 bits per heavy atom. The van der Waals surface area contributed by atoms with E-state index in [9.17, 15) is 10.2 Å². The van der Waals surface area contributed by atoms with Gasteiger partial charge in [0.15, 0.2) is 11.5 Å². The van der Waals surface area contributed by atoms with E-state index in [1.54, 1.807) is 0 Å². The van der Waals surface area contributed by atoms with Crippen LogP contribution in [0.15, 0.2) is 51.5 Å². The number of hydrogen-bond acceptors (Lipinski definition) is 4. The fourth-order valence-electron chi connectivity index (χ4n) is 7.48.